The second-order valence-corrected chi connectivity index (χ2v) is 8.27. The SMILES string of the molecule is C/C=C/CCC(=N)C(=O)c1ccc2c(c1)c1cc(C(=O)c3ccccc3C)ccc1n2CC. The van der Waals surface area contributed by atoms with E-state index in [0.717, 1.165) is 33.9 Å². The molecule has 1 aromatic heterocycles. The maximum atomic E-state index is 13.2. The number of hydrogen-bond donors (Lipinski definition) is 1. The number of aromatic nitrogens is 1. The van der Waals surface area contributed by atoms with Gasteiger partial charge in [-0.25, -0.2) is 0 Å². The minimum absolute atomic E-state index is 0.00890. The molecular formula is C29H28N2O2. The number of benzene rings is 3. The Morgan fingerprint density at radius 1 is 0.939 bits per heavy atom. The summed E-state index contributed by atoms with van der Waals surface area (Å²) in [5.74, 6) is -0.253. The van der Waals surface area contributed by atoms with Crippen LogP contribution in [0.25, 0.3) is 21.8 Å². The fourth-order valence-corrected chi connectivity index (χ4v) is 4.39. The molecule has 0 amide bonds. The topological polar surface area (TPSA) is 62.9 Å². The summed E-state index contributed by atoms with van der Waals surface area (Å²) in [4.78, 5) is 26.1. The molecule has 0 aliphatic carbocycles. The number of nitrogens with one attached hydrogen (secondary N) is 1. The summed E-state index contributed by atoms with van der Waals surface area (Å²) in [7, 11) is 0. The van der Waals surface area contributed by atoms with Crippen LogP contribution in [-0.2, 0) is 6.54 Å². The molecule has 33 heavy (non-hydrogen) atoms. The van der Waals surface area contributed by atoms with E-state index >= 15 is 0 Å². The lowest BCUT2D eigenvalue weighted by atomic mass is 9.97. The van der Waals surface area contributed by atoms with Gasteiger partial charge in [-0.15, -0.1) is 0 Å². The lowest BCUT2D eigenvalue weighted by Crippen LogP contribution is -2.12. The van der Waals surface area contributed by atoms with Gasteiger partial charge in [0, 0.05) is 45.0 Å². The number of aryl methyl sites for hydroxylation is 2. The minimum atomic E-state index is -0.244. The average Bonchev–Trinajstić information content (AvgIpc) is 3.15. The molecular weight excluding hydrogens is 408 g/mol. The number of rotatable bonds is 8. The van der Waals surface area contributed by atoms with Crippen LogP contribution in [0.2, 0.25) is 0 Å². The number of ketones is 2. The molecule has 0 aliphatic heterocycles. The van der Waals surface area contributed by atoms with Gasteiger partial charge in [-0.3, -0.25) is 9.59 Å². The first-order valence-electron chi connectivity index (χ1n) is 11.4. The van der Waals surface area contributed by atoms with Crippen molar-refractivity contribution in [1.82, 2.24) is 4.57 Å². The van der Waals surface area contributed by atoms with Gasteiger partial charge in [0.2, 0.25) is 5.78 Å². The van der Waals surface area contributed by atoms with E-state index in [9.17, 15) is 9.59 Å². The zero-order valence-corrected chi connectivity index (χ0v) is 19.3. The molecule has 4 nitrogen and oxygen atoms in total. The first-order valence-corrected chi connectivity index (χ1v) is 11.4. The summed E-state index contributed by atoms with van der Waals surface area (Å²) in [5.41, 5.74) is 4.94. The predicted octanol–water partition coefficient (Wildman–Crippen LogP) is 6.91. The molecule has 4 heteroatoms. The van der Waals surface area contributed by atoms with Crippen molar-refractivity contribution >= 4 is 39.1 Å². The van der Waals surface area contributed by atoms with Crippen molar-refractivity contribution in [3.63, 3.8) is 0 Å². The molecule has 0 bridgehead atoms. The Hall–Kier alpha value is -3.79. The lowest BCUT2D eigenvalue weighted by molar-refractivity contribution is 0.103. The van der Waals surface area contributed by atoms with Gasteiger partial charge < -0.3 is 9.98 Å². The third-order valence-electron chi connectivity index (χ3n) is 6.17. The number of carbonyl (C=O) groups is 2. The van der Waals surface area contributed by atoms with Crippen LogP contribution in [0.3, 0.4) is 0 Å². The summed E-state index contributed by atoms with van der Waals surface area (Å²) in [6.07, 6.45) is 5.00. The van der Waals surface area contributed by atoms with Crippen LogP contribution in [-0.4, -0.2) is 21.8 Å². The first kappa shape index (κ1) is 22.4. The van der Waals surface area contributed by atoms with E-state index in [1.54, 1.807) is 6.07 Å². The number of allylic oxidation sites excluding steroid dienone is 2. The summed E-state index contributed by atoms with van der Waals surface area (Å²) in [6.45, 7) is 6.73. The highest BCUT2D eigenvalue weighted by molar-refractivity contribution is 6.45. The van der Waals surface area contributed by atoms with Crippen LogP contribution in [0.4, 0.5) is 0 Å². The van der Waals surface area contributed by atoms with Crippen LogP contribution in [0, 0.1) is 12.3 Å². The van der Waals surface area contributed by atoms with Gasteiger partial charge in [0.1, 0.15) is 0 Å². The highest BCUT2D eigenvalue weighted by Crippen LogP contribution is 2.31. The van der Waals surface area contributed by atoms with Crippen molar-refractivity contribution in [2.75, 3.05) is 0 Å². The fraction of sp³-hybridized carbons (Fsp3) is 0.207. The Kier molecular flexibility index (Phi) is 6.36. The standard InChI is InChI=1S/C29H28N2O2/c1-4-6-7-12-25(30)29(33)21-14-16-27-24(18-21)23-17-20(13-15-26(23)31(27)5-2)28(32)22-11-9-8-10-19(22)3/h4,6,8-11,13-18,30H,5,7,12H2,1-3H3/b6-4+,30-25?. The Balaban J connectivity index is 1.81. The van der Waals surface area contributed by atoms with Crippen molar-refractivity contribution in [3.05, 3.63) is 95.1 Å². The Bertz CT molecular complexity index is 1420. The molecule has 0 atom stereocenters. The van der Waals surface area contributed by atoms with Gasteiger partial charge in [0.15, 0.2) is 5.78 Å². The fourth-order valence-electron chi connectivity index (χ4n) is 4.39. The maximum absolute atomic E-state index is 13.2. The number of nitrogens with zero attached hydrogens (tertiary/aromatic N) is 1. The number of hydrogen-bond acceptors (Lipinski definition) is 3. The van der Waals surface area contributed by atoms with Crippen LogP contribution in [0.5, 0.6) is 0 Å². The minimum Gasteiger partial charge on any atom is -0.341 e. The van der Waals surface area contributed by atoms with Crippen LogP contribution in [0.15, 0.2) is 72.8 Å². The Morgan fingerprint density at radius 3 is 2.21 bits per heavy atom. The molecule has 166 valence electrons. The molecule has 4 aromatic rings. The summed E-state index contributed by atoms with van der Waals surface area (Å²) in [5, 5.41) is 10.1. The molecule has 1 heterocycles. The van der Waals surface area contributed by atoms with Crippen molar-refractivity contribution in [1.29, 1.82) is 5.41 Å². The third kappa shape index (κ3) is 4.17. The highest BCUT2D eigenvalue weighted by atomic mass is 16.1. The van der Waals surface area contributed by atoms with E-state index in [1.165, 1.54) is 0 Å². The second kappa shape index (κ2) is 9.37. The van der Waals surface area contributed by atoms with Crippen molar-refractivity contribution in [2.45, 2.75) is 40.2 Å². The van der Waals surface area contributed by atoms with Crippen molar-refractivity contribution in [2.24, 2.45) is 0 Å². The monoisotopic (exact) mass is 436 g/mol. The molecule has 4 rings (SSSR count). The molecule has 0 saturated carbocycles. The van der Waals surface area contributed by atoms with E-state index in [4.69, 9.17) is 5.41 Å². The predicted molar refractivity (Wildman–Crippen MR) is 136 cm³/mol. The van der Waals surface area contributed by atoms with Gasteiger partial charge in [0.25, 0.3) is 0 Å². The largest absolute Gasteiger partial charge is 0.341 e. The molecule has 0 aliphatic rings. The van der Waals surface area contributed by atoms with Gasteiger partial charge >= 0.3 is 0 Å². The van der Waals surface area contributed by atoms with Crippen LogP contribution < -0.4 is 0 Å². The van der Waals surface area contributed by atoms with E-state index in [-0.39, 0.29) is 17.3 Å². The number of Topliss-reactive ketones (excluding diaryl/α,β-unsaturated/α-hetero) is 1. The summed E-state index contributed by atoms with van der Waals surface area (Å²) >= 11 is 0. The first-order chi connectivity index (χ1) is 16.0. The normalized spacial score (nSPS) is 11.5. The van der Waals surface area contributed by atoms with Crippen molar-refractivity contribution < 1.29 is 9.59 Å². The van der Waals surface area contributed by atoms with E-state index in [0.29, 0.717) is 29.5 Å². The summed E-state index contributed by atoms with van der Waals surface area (Å²) < 4.78 is 2.19. The van der Waals surface area contributed by atoms with Crippen molar-refractivity contribution in [3.8, 4) is 0 Å². The smallest absolute Gasteiger partial charge is 0.206 e. The maximum Gasteiger partial charge on any atom is 0.206 e. The Morgan fingerprint density at radius 2 is 1.58 bits per heavy atom. The van der Waals surface area contributed by atoms with E-state index < -0.39 is 0 Å². The zero-order chi connectivity index (χ0) is 23.5. The Labute approximate surface area is 194 Å². The zero-order valence-electron chi connectivity index (χ0n) is 19.3. The van der Waals surface area contributed by atoms with E-state index in [2.05, 4.69) is 11.5 Å². The number of fused-ring (bicyclic) bond motifs is 3. The molecule has 1 N–H and O–H groups in total. The summed E-state index contributed by atoms with van der Waals surface area (Å²) in [6, 6.07) is 19.0. The van der Waals surface area contributed by atoms with Gasteiger partial charge in [-0.2, -0.15) is 0 Å². The molecule has 0 spiro atoms. The molecule has 0 saturated heterocycles. The lowest BCUT2D eigenvalue weighted by Gasteiger charge is -2.06. The third-order valence-corrected chi connectivity index (χ3v) is 6.17. The van der Waals surface area contributed by atoms with Gasteiger partial charge in [0.05, 0.1) is 5.71 Å². The molecule has 0 fully saturated rings. The molecule has 0 unspecified atom stereocenters. The second-order valence-electron chi connectivity index (χ2n) is 8.27. The van der Waals surface area contributed by atoms with Gasteiger partial charge in [-0.05, 0) is 75.6 Å². The quantitative estimate of drug-likeness (QED) is 0.185. The molecule has 0 radical (unpaired) electrons. The van der Waals surface area contributed by atoms with Crippen LogP contribution >= 0.6 is 0 Å². The molecule has 3 aromatic carbocycles. The average molecular weight is 437 g/mol. The van der Waals surface area contributed by atoms with Gasteiger partial charge in [-0.1, -0.05) is 36.4 Å². The van der Waals surface area contributed by atoms with Crippen LogP contribution in [0.1, 0.15) is 58.5 Å². The van der Waals surface area contributed by atoms with E-state index in [1.807, 2.05) is 80.6 Å². The highest BCUT2D eigenvalue weighted by Gasteiger charge is 2.18. The number of carbonyl (C=O) groups excluding carboxylic acids is 2.